The second-order valence-electron chi connectivity index (χ2n) is 7.26. The Kier molecular flexibility index (Phi) is 7.27. The summed E-state index contributed by atoms with van der Waals surface area (Å²) in [6, 6.07) is 10.3. The minimum atomic E-state index is -0.477. The van der Waals surface area contributed by atoms with Gasteiger partial charge in [0.15, 0.2) is 0 Å². The van der Waals surface area contributed by atoms with E-state index in [0.717, 1.165) is 12.8 Å². The Hall–Kier alpha value is -1.55. The topological polar surface area (TPSA) is 49.8 Å². The lowest BCUT2D eigenvalue weighted by molar-refractivity contribution is 0.0292. The van der Waals surface area contributed by atoms with Crippen LogP contribution in [0.1, 0.15) is 53.0 Å². The van der Waals surface area contributed by atoms with Crippen molar-refractivity contribution in [3.8, 4) is 0 Å². The van der Waals surface area contributed by atoms with Crippen LogP contribution in [0.5, 0.6) is 0 Å². The van der Waals surface area contributed by atoms with Gasteiger partial charge in [0.2, 0.25) is 0 Å². The maximum atomic E-state index is 12.0. The third-order valence-corrected chi connectivity index (χ3v) is 4.40. The van der Waals surface area contributed by atoms with Crippen LogP contribution in [-0.4, -0.2) is 41.9 Å². The molecule has 4 heteroatoms. The zero-order chi connectivity index (χ0) is 18.4. The van der Waals surface area contributed by atoms with Crippen molar-refractivity contribution >= 4 is 6.09 Å². The average Bonchev–Trinajstić information content (AvgIpc) is 3.28. The quantitative estimate of drug-likeness (QED) is 0.876. The monoisotopic (exact) mass is 335 g/mol. The molecule has 1 aromatic rings. The first-order chi connectivity index (χ1) is 11.3. The Morgan fingerprint density at radius 3 is 2.33 bits per heavy atom. The number of ether oxygens (including phenoxy) is 1. The number of carbonyl (C=O) groups is 1. The highest BCUT2D eigenvalue weighted by molar-refractivity contribution is 5.67. The van der Waals surface area contributed by atoms with Crippen LogP contribution in [-0.2, 0) is 10.2 Å². The highest BCUT2D eigenvalue weighted by atomic mass is 16.6. The Labute approximate surface area is 146 Å². The molecule has 0 spiro atoms. The van der Waals surface area contributed by atoms with Crippen molar-refractivity contribution in [1.82, 2.24) is 4.90 Å². The Morgan fingerprint density at radius 2 is 1.88 bits per heavy atom. The SMILES string of the molecule is CC.CN(CCC1(c2ccccc2)CC1CO)C(=O)OC(C)(C)C. The number of amides is 1. The molecular formula is C20H33NO3. The van der Waals surface area contributed by atoms with Gasteiger partial charge in [-0.3, -0.25) is 0 Å². The first-order valence-corrected chi connectivity index (χ1v) is 8.89. The van der Waals surface area contributed by atoms with Crippen molar-refractivity contribution in [3.05, 3.63) is 35.9 Å². The lowest BCUT2D eigenvalue weighted by Gasteiger charge is -2.26. The van der Waals surface area contributed by atoms with Gasteiger partial charge in [-0.15, -0.1) is 0 Å². The fourth-order valence-corrected chi connectivity index (χ4v) is 2.99. The van der Waals surface area contributed by atoms with Crippen molar-refractivity contribution < 1.29 is 14.6 Å². The van der Waals surface area contributed by atoms with Gasteiger partial charge in [0.1, 0.15) is 5.60 Å². The minimum Gasteiger partial charge on any atom is -0.444 e. The van der Waals surface area contributed by atoms with Gasteiger partial charge in [-0.25, -0.2) is 4.79 Å². The molecule has 136 valence electrons. The zero-order valence-corrected chi connectivity index (χ0v) is 16.0. The van der Waals surface area contributed by atoms with Gasteiger partial charge in [-0.05, 0) is 45.1 Å². The lowest BCUT2D eigenvalue weighted by atomic mass is 9.89. The molecule has 0 heterocycles. The van der Waals surface area contributed by atoms with Crippen molar-refractivity contribution in [1.29, 1.82) is 0 Å². The number of benzene rings is 1. The van der Waals surface area contributed by atoms with E-state index in [-0.39, 0.29) is 18.1 Å². The number of aliphatic hydroxyl groups excluding tert-OH is 1. The molecule has 1 aromatic carbocycles. The molecule has 1 fully saturated rings. The van der Waals surface area contributed by atoms with E-state index >= 15 is 0 Å². The molecule has 0 saturated heterocycles. The first-order valence-electron chi connectivity index (χ1n) is 8.89. The van der Waals surface area contributed by atoms with Crippen molar-refractivity contribution in [2.24, 2.45) is 5.92 Å². The van der Waals surface area contributed by atoms with Crippen LogP contribution < -0.4 is 0 Å². The molecule has 1 saturated carbocycles. The molecule has 1 aliphatic rings. The van der Waals surface area contributed by atoms with Gasteiger partial charge in [0.05, 0.1) is 0 Å². The molecule has 2 unspecified atom stereocenters. The maximum Gasteiger partial charge on any atom is 0.410 e. The zero-order valence-electron chi connectivity index (χ0n) is 16.0. The van der Waals surface area contributed by atoms with Crippen LogP contribution >= 0.6 is 0 Å². The van der Waals surface area contributed by atoms with Crippen LogP contribution in [0.25, 0.3) is 0 Å². The average molecular weight is 335 g/mol. The molecule has 0 bridgehead atoms. The molecule has 4 nitrogen and oxygen atoms in total. The highest BCUT2D eigenvalue weighted by Gasteiger charge is 2.54. The Bertz CT molecular complexity index is 509. The number of aliphatic hydroxyl groups is 1. The summed E-state index contributed by atoms with van der Waals surface area (Å²) in [5.74, 6) is 0.293. The second-order valence-corrected chi connectivity index (χ2v) is 7.26. The summed E-state index contributed by atoms with van der Waals surface area (Å²) in [5.41, 5.74) is 0.786. The fraction of sp³-hybridized carbons (Fsp3) is 0.650. The summed E-state index contributed by atoms with van der Waals surface area (Å²) in [5, 5.41) is 9.52. The molecule has 0 radical (unpaired) electrons. The molecule has 1 amide bonds. The van der Waals surface area contributed by atoms with E-state index in [1.165, 1.54) is 5.56 Å². The van der Waals surface area contributed by atoms with Gasteiger partial charge < -0.3 is 14.7 Å². The van der Waals surface area contributed by atoms with Crippen molar-refractivity contribution in [3.63, 3.8) is 0 Å². The normalized spacial score (nSPS) is 22.2. The van der Waals surface area contributed by atoms with E-state index in [9.17, 15) is 9.90 Å². The molecule has 1 N–H and O–H groups in total. The van der Waals surface area contributed by atoms with Crippen LogP contribution in [0.3, 0.4) is 0 Å². The van der Waals surface area contributed by atoms with Gasteiger partial charge in [0.25, 0.3) is 0 Å². The van der Waals surface area contributed by atoms with Crippen LogP contribution in [0.2, 0.25) is 0 Å². The number of rotatable bonds is 5. The van der Waals surface area contributed by atoms with E-state index in [1.807, 2.05) is 52.8 Å². The minimum absolute atomic E-state index is 0.00623. The molecule has 1 aliphatic carbocycles. The van der Waals surface area contributed by atoms with Crippen LogP contribution in [0, 0.1) is 5.92 Å². The van der Waals surface area contributed by atoms with E-state index in [0.29, 0.717) is 12.5 Å². The smallest absolute Gasteiger partial charge is 0.410 e. The van der Waals surface area contributed by atoms with Crippen molar-refractivity contribution in [2.75, 3.05) is 20.2 Å². The van der Waals surface area contributed by atoms with Crippen molar-refractivity contribution in [2.45, 2.75) is 58.5 Å². The van der Waals surface area contributed by atoms with Crippen LogP contribution in [0.15, 0.2) is 30.3 Å². The first kappa shape index (κ1) is 20.5. The lowest BCUT2D eigenvalue weighted by Crippen LogP contribution is -2.36. The fourth-order valence-electron chi connectivity index (χ4n) is 2.99. The van der Waals surface area contributed by atoms with E-state index in [4.69, 9.17) is 4.74 Å². The molecule has 0 aromatic heterocycles. The summed E-state index contributed by atoms with van der Waals surface area (Å²) in [6.45, 7) is 10.4. The van der Waals surface area contributed by atoms with Crippen LogP contribution in [0.4, 0.5) is 4.79 Å². The maximum absolute atomic E-state index is 12.0. The Morgan fingerprint density at radius 1 is 1.29 bits per heavy atom. The van der Waals surface area contributed by atoms with E-state index in [1.54, 1.807) is 11.9 Å². The number of nitrogens with zero attached hydrogens (tertiary/aromatic N) is 1. The summed E-state index contributed by atoms with van der Waals surface area (Å²) >= 11 is 0. The number of hydrogen-bond acceptors (Lipinski definition) is 3. The Balaban J connectivity index is 0.00000139. The third kappa shape index (κ3) is 5.23. The number of carbonyl (C=O) groups excluding carboxylic acids is 1. The van der Waals surface area contributed by atoms with Gasteiger partial charge in [-0.1, -0.05) is 44.2 Å². The van der Waals surface area contributed by atoms with Gasteiger partial charge in [-0.2, -0.15) is 0 Å². The highest BCUT2D eigenvalue weighted by Crippen LogP contribution is 2.56. The molecule has 2 atom stereocenters. The third-order valence-electron chi connectivity index (χ3n) is 4.40. The molecular weight excluding hydrogens is 302 g/mol. The van der Waals surface area contributed by atoms with Gasteiger partial charge in [0, 0.05) is 25.6 Å². The molecule has 2 rings (SSSR count). The summed E-state index contributed by atoms with van der Waals surface area (Å²) in [6.07, 6.45) is 1.53. The summed E-state index contributed by atoms with van der Waals surface area (Å²) < 4.78 is 5.38. The molecule has 24 heavy (non-hydrogen) atoms. The largest absolute Gasteiger partial charge is 0.444 e. The molecule has 0 aliphatic heterocycles. The summed E-state index contributed by atoms with van der Waals surface area (Å²) in [4.78, 5) is 13.7. The van der Waals surface area contributed by atoms with Gasteiger partial charge >= 0.3 is 6.09 Å². The van der Waals surface area contributed by atoms with E-state index < -0.39 is 5.60 Å². The second kappa shape index (κ2) is 8.52. The number of hydrogen-bond donors (Lipinski definition) is 1. The predicted octanol–water partition coefficient (Wildman–Crippen LogP) is 4.22. The van der Waals surface area contributed by atoms with E-state index in [2.05, 4.69) is 12.1 Å². The summed E-state index contributed by atoms with van der Waals surface area (Å²) in [7, 11) is 1.77. The predicted molar refractivity (Wildman–Crippen MR) is 98.1 cm³/mol. The standard InChI is InChI=1S/C18H27NO3.C2H6/c1-17(2,3)22-16(21)19(4)11-10-18(12-15(18)13-20)14-8-6-5-7-9-14;1-2/h5-9,15,20H,10-13H2,1-4H3;1-2H3.